The Labute approximate surface area is 120 Å². The second-order valence-corrected chi connectivity index (χ2v) is 4.91. The molecule has 0 radical (unpaired) electrons. The van der Waals surface area contributed by atoms with Crippen LogP contribution in [0.1, 0.15) is 22.8 Å². The minimum atomic E-state index is -0.479. The van der Waals surface area contributed by atoms with Crippen LogP contribution in [0.15, 0.2) is 48.5 Å². The molecule has 0 bridgehead atoms. The van der Waals surface area contributed by atoms with Gasteiger partial charge < -0.3 is 15.2 Å². The number of aliphatic hydroxyl groups excluding tert-OH is 1. The van der Waals surface area contributed by atoms with Crippen molar-refractivity contribution >= 4 is 0 Å². The summed E-state index contributed by atoms with van der Waals surface area (Å²) in [6.45, 7) is 3.29. The summed E-state index contributed by atoms with van der Waals surface area (Å²) in [5.41, 5.74) is 3.28. The summed E-state index contributed by atoms with van der Waals surface area (Å²) < 4.78 is 5.12. The zero-order valence-corrected chi connectivity index (χ0v) is 12.0. The molecule has 2 aromatic rings. The van der Waals surface area contributed by atoms with Crippen LogP contribution in [-0.2, 0) is 6.54 Å². The molecule has 3 nitrogen and oxygen atoms in total. The second kappa shape index (κ2) is 7.08. The molecule has 0 saturated heterocycles. The molecule has 0 saturated carbocycles. The predicted octanol–water partition coefficient (Wildman–Crippen LogP) is 2.83. The van der Waals surface area contributed by atoms with Gasteiger partial charge in [-0.15, -0.1) is 0 Å². The van der Waals surface area contributed by atoms with Gasteiger partial charge in [0.2, 0.25) is 0 Å². The first-order chi connectivity index (χ1) is 9.69. The number of hydrogen-bond acceptors (Lipinski definition) is 3. The van der Waals surface area contributed by atoms with E-state index in [4.69, 9.17) is 4.74 Å². The van der Waals surface area contributed by atoms with Gasteiger partial charge in [-0.05, 0) is 30.2 Å². The minimum Gasteiger partial charge on any atom is -0.497 e. The van der Waals surface area contributed by atoms with Gasteiger partial charge in [0.25, 0.3) is 0 Å². The van der Waals surface area contributed by atoms with E-state index in [0.717, 1.165) is 23.4 Å². The van der Waals surface area contributed by atoms with Crippen LogP contribution in [-0.4, -0.2) is 18.8 Å². The Morgan fingerprint density at radius 3 is 2.55 bits per heavy atom. The summed E-state index contributed by atoms with van der Waals surface area (Å²) in [7, 11) is 1.66. The number of benzene rings is 2. The molecule has 106 valence electrons. The maximum atomic E-state index is 10.1. The fraction of sp³-hybridized carbons (Fsp3) is 0.294. The fourth-order valence-electron chi connectivity index (χ4n) is 2.09. The van der Waals surface area contributed by atoms with E-state index in [2.05, 4.69) is 5.32 Å². The predicted molar refractivity (Wildman–Crippen MR) is 80.8 cm³/mol. The average Bonchev–Trinajstić information content (AvgIpc) is 2.48. The molecule has 3 heteroatoms. The maximum absolute atomic E-state index is 10.1. The zero-order chi connectivity index (χ0) is 14.4. The molecular weight excluding hydrogens is 250 g/mol. The van der Waals surface area contributed by atoms with Gasteiger partial charge in [0.15, 0.2) is 0 Å². The number of aryl methyl sites for hydroxylation is 1. The molecule has 1 unspecified atom stereocenters. The lowest BCUT2D eigenvalue weighted by molar-refractivity contribution is 0.174. The average molecular weight is 271 g/mol. The van der Waals surface area contributed by atoms with Gasteiger partial charge in [0.1, 0.15) is 5.75 Å². The van der Waals surface area contributed by atoms with Crippen molar-refractivity contribution in [2.24, 2.45) is 0 Å². The number of ether oxygens (including phenoxy) is 1. The van der Waals surface area contributed by atoms with E-state index in [9.17, 15) is 5.11 Å². The van der Waals surface area contributed by atoms with Crippen LogP contribution >= 0.6 is 0 Å². The smallest absolute Gasteiger partial charge is 0.118 e. The SMILES string of the molecule is COc1ccc(CNCC(O)c2cccc(C)c2)cc1. The van der Waals surface area contributed by atoms with E-state index in [1.807, 2.05) is 55.5 Å². The highest BCUT2D eigenvalue weighted by atomic mass is 16.5. The van der Waals surface area contributed by atoms with Crippen LogP contribution in [0.2, 0.25) is 0 Å². The summed E-state index contributed by atoms with van der Waals surface area (Å²) in [5, 5.41) is 13.4. The molecule has 2 aromatic carbocycles. The Morgan fingerprint density at radius 1 is 1.15 bits per heavy atom. The Balaban J connectivity index is 1.82. The van der Waals surface area contributed by atoms with Crippen molar-refractivity contribution in [2.75, 3.05) is 13.7 Å². The lowest BCUT2D eigenvalue weighted by Gasteiger charge is -2.13. The maximum Gasteiger partial charge on any atom is 0.118 e. The molecule has 2 N–H and O–H groups in total. The molecule has 2 rings (SSSR count). The van der Waals surface area contributed by atoms with Crippen molar-refractivity contribution in [1.82, 2.24) is 5.32 Å². The van der Waals surface area contributed by atoms with E-state index in [0.29, 0.717) is 6.54 Å². The third-order valence-electron chi connectivity index (χ3n) is 3.25. The third-order valence-corrected chi connectivity index (χ3v) is 3.25. The number of hydrogen-bond donors (Lipinski definition) is 2. The first kappa shape index (κ1) is 14.6. The van der Waals surface area contributed by atoms with Crippen LogP contribution in [0, 0.1) is 6.92 Å². The van der Waals surface area contributed by atoms with Gasteiger partial charge >= 0.3 is 0 Å². The lowest BCUT2D eigenvalue weighted by Crippen LogP contribution is -2.21. The Morgan fingerprint density at radius 2 is 1.90 bits per heavy atom. The zero-order valence-electron chi connectivity index (χ0n) is 12.0. The molecule has 1 atom stereocenters. The standard InChI is InChI=1S/C17H21NO2/c1-13-4-3-5-15(10-13)17(19)12-18-11-14-6-8-16(20-2)9-7-14/h3-10,17-19H,11-12H2,1-2H3. The fourth-order valence-corrected chi connectivity index (χ4v) is 2.09. The molecule has 20 heavy (non-hydrogen) atoms. The highest BCUT2D eigenvalue weighted by Gasteiger charge is 2.06. The van der Waals surface area contributed by atoms with E-state index in [1.165, 1.54) is 5.56 Å². The second-order valence-electron chi connectivity index (χ2n) is 4.91. The third kappa shape index (κ3) is 4.08. The first-order valence-corrected chi connectivity index (χ1v) is 6.77. The van der Waals surface area contributed by atoms with E-state index >= 15 is 0 Å². The van der Waals surface area contributed by atoms with Crippen LogP contribution in [0.25, 0.3) is 0 Å². The molecule has 0 aromatic heterocycles. The minimum absolute atomic E-state index is 0.479. The van der Waals surface area contributed by atoms with Crippen molar-refractivity contribution in [3.05, 3.63) is 65.2 Å². The van der Waals surface area contributed by atoms with Gasteiger partial charge in [-0.3, -0.25) is 0 Å². The van der Waals surface area contributed by atoms with Crippen LogP contribution in [0.3, 0.4) is 0 Å². The number of rotatable bonds is 6. The van der Waals surface area contributed by atoms with Gasteiger partial charge in [-0.25, -0.2) is 0 Å². The monoisotopic (exact) mass is 271 g/mol. The van der Waals surface area contributed by atoms with Crippen LogP contribution in [0.4, 0.5) is 0 Å². The highest BCUT2D eigenvalue weighted by molar-refractivity contribution is 5.27. The summed E-state index contributed by atoms with van der Waals surface area (Å²) in [6.07, 6.45) is -0.479. The number of aliphatic hydroxyl groups is 1. The van der Waals surface area contributed by atoms with Gasteiger partial charge in [-0.1, -0.05) is 42.0 Å². The lowest BCUT2D eigenvalue weighted by atomic mass is 10.1. The molecular formula is C17H21NO2. The molecule has 0 aliphatic heterocycles. The Bertz CT molecular complexity index is 537. The quantitative estimate of drug-likeness (QED) is 0.849. The van der Waals surface area contributed by atoms with E-state index in [-0.39, 0.29) is 0 Å². The first-order valence-electron chi connectivity index (χ1n) is 6.77. The summed E-state index contributed by atoms with van der Waals surface area (Å²) >= 11 is 0. The largest absolute Gasteiger partial charge is 0.497 e. The highest BCUT2D eigenvalue weighted by Crippen LogP contribution is 2.14. The van der Waals surface area contributed by atoms with Gasteiger partial charge in [-0.2, -0.15) is 0 Å². The molecule has 0 spiro atoms. The number of nitrogens with one attached hydrogen (secondary N) is 1. The van der Waals surface area contributed by atoms with Crippen molar-refractivity contribution in [3.8, 4) is 5.75 Å². The van der Waals surface area contributed by atoms with Gasteiger partial charge in [0.05, 0.1) is 13.2 Å². The summed E-state index contributed by atoms with van der Waals surface area (Å²) in [5.74, 6) is 0.855. The van der Waals surface area contributed by atoms with Crippen LogP contribution < -0.4 is 10.1 Å². The Kier molecular flexibility index (Phi) is 5.16. The molecule has 0 aliphatic rings. The molecule has 0 amide bonds. The number of methoxy groups -OCH3 is 1. The van der Waals surface area contributed by atoms with Crippen molar-refractivity contribution < 1.29 is 9.84 Å². The van der Waals surface area contributed by atoms with Crippen molar-refractivity contribution in [1.29, 1.82) is 0 Å². The molecule has 0 heterocycles. The summed E-state index contributed by atoms with van der Waals surface area (Å²) in [4.78, 5) is 0. The van der Waals surface area contributed by atoms with Gasteiger partial charge in [0, 0.05) is 13.1 Å². The molecule has 0 aliphatic carbocycles. The topological polar surface area (TPSA) is 41.5 Å². The summed E-state index contributed by atoms with van der Waals surface area (Å²) in [6, 6.07) is 15.9. The van der Waals surface area contributed by atoms with E-state index < -0.39 is 6.10 Å². The Hall–Kier alpha value is -1.84. The van der Waals surface area contributed by atoms with E-state index in [1.54, 1.807) is 7.11 Å². The normalized spacial score (nSPS) is 12.2. The van der Waals surface area contributed by atoms with Crippen molar-refractivity contribution in [2.45, 2.75) is 19.6 Å². The van der Waals surface area contributed by atoms with Crippen LogP contribution in [0.5, 0.6) is 5.75 Å². The van der Waals surface area contributed by atoms with Crippen molar-refractivity contribution in [3.63, 3.8) is 0 Å². The molecule has 0 fully saturated rings.